The second-order valence-corrected chi connectivity index (χ2v) is 6.50. The Morgan fingerprint density at radius 1 is 1.22 bits per heavy atom. The number of nitrogens with zero attached hydrogens (tertiary/aromatic N) is 2. The van der Waals surface area contributed by atoms with Crippen LogP contribution in [0.3, 0.4) is 0 Å². The van der Waals surface area contributed by atoms with Gasteiger partial charge in [0, 0.05) is 11.4 Å². The number of hydrogen-bond donors (Lipinski definition) is 1. The van der Waals surface area contributed by atoms with Crippen LogP contribution >= 0.6 is 11.3 Å². The zero-order valence-electron chi connectivity index (χ0n) is 12.9. The molecule has 2 aromatic heterocycles. The van der Waals surface area contributed by atoms with Gasteiger partial charge in [-0.25, -0.2) is 4.68 Å². The van der Waals surface area contributed by atoms with Gasteiger partial charge in [0.15, 0.2) is 0 Å². The molecule has 3 aromatic rings. The largest absolute Gasteiger partial charge is 0.352 e. The second kappa shape index (κ2) is 6.34. The Kier molecular flexibility index (Phi) is 4.25. The summed E-state index contributed by atoms with van der Waals surface area (Å²) in [6.07, 6.45) is 0. The fourth-order valence-corrected chi connectivity index (χ4v) is 3.16. The molecule has 0 saturated heterocycles. The Morgan fingerprint density at radius 2 is 1.96 bits per heavy atom. The highest BCUT2D eigenvalue weighted by Gasteiger charge is 2.14. The van der Waals surface area contributed by atoms with Crippen molar-refractivity contribution in [2.24, 2.45) is 0 Å². The molecule has 2 heterocycles. The van der Waals surface area contributed by atoms with Crippen molar-refractivity contribution in [3.8, 4) is 10.6 Å². The van der Waals surface area contributed by atoms with Gasteiger partial charge in [0.1, 0.15) is 12.2 Å². The number of hydrogen-bond acceptors (Lipinski definition) is 4. The van der Waals surface area contributed by atoms with Crippen molar-refractivity contribution in [1.82, 2.24) is 15.1 Å². The molecule has 1 amide bonds. The predicted molar refractivity (Wildman–Crippen MR) is 92.6 cm³/mol. The Labute approximate surface area is 137 Å². The van der Waals surface area contributed by atoms with E-state index in [2.05, 4.69) is 10.4 Å². The van der Waals surface area contributed by atoms with Gasteiger partial charge in [-0.3, -0.25) is 9.59 Å². The van der Waals surface area contributed by atoms with E-state index in [1.807, 2.05) is 49.6 Å². The van der Waals surface area contributed by atoms with Crippen LogP contribution in [0.15, 0.2) is 46.6 Å². The second-order valence-electron chi connectivity index (χ2n) is 5.56. The molecule has 118 valence electrons. The standard InChI is InChI=1S/C17H17N3O2S/c1-11(2)18-15(21)10-20-17(22)13-7-4-3-6-12(13)16(19-20)14-8-5-9-23-14/h3-9,11H,10H2,1-2H3,(H,18,21). The van der Waals surface area contributed by atoms with E-state index in [1.165, 1.54) is 4.68 Å². The Hall–Kier alpha value is -2.47. The number of carbonyl (C=O) groups is 1. The lowest BCUT2D eigenvalue weighted by atomic mass is 10.1. The molecule has 0 radical (unpaired) electrons. The average molecular weight is 327 g/mol. The first-order valence-electron chi connectivity index (χ1n) is 7.39. The molecule has 0 bridgehead atoms. The van der Waals surface area contributed by atoms with Crippen LogP contribution < -0.4 is 10.9 Å². The van der Waals surface area contributed by atoms with Gasteiger partial charge in [-0.15, -0.1) is 11.3 Å². The number of nitrogens with one attached hydrogen (secondary N) is 1. The van der Waals surface area contributed by atoms with E-state index in [0.29, 0.717) is 5.39 Å². The molecular weight excluding hydrogens is 310 g/mol. The fourth-order valence-electron chi connectivity index (χ4n) is 2.44. The van der Waals surface area contributed by atoms with Gasteiger partial charge in [0.05, 0.1) is 10.3 Å². The molecule has 0 fully saturated rings. The first kappa shape index (κ1) is 15.4. The summed E-state index contributed by atoms with van der Waals surface area (Å²) in [5.41, 5.74) is 0.479. The fraction of sp³-hybridized carbons (Fsp3) is 0.235. The van der Waals surface area contributed by atoms with E-state index >= 15 is 0 Å². The van der Waals surface area contributed by atoms with E-state index in [1.54, 1.807) is 17.4 Å². The summed E-state index contributed by atoms with van der Waals surface area (Å²) in [5, 5.41) is 10.6. The summed E-state index contributed by atoms with van der Waals surface area (Å²) in [6.45, 7) is 3.68. The summed E-state index contributed by atoms with van der Waals surface area (Å²) in [7, 11) is 0. The number of benzene rings is 1. The number of rotatable bonds is 4. The molecule has 0 aliphatic carbocycles. The van der Waals surface area contributed by atoms with Crippen LogP contribution in [0.25, 0.3) is 21.3 Å². The Balaban J connectivity index is 2.14. The monoisotopic (exact) mass is 327 g/mol. The van der Waals surface area contributed by atoms with E-state index in [0.717, 1.165) is 16.0 Å². The third-order valence-corrected chi connectivity index (χ3v) is 4.24. The van der Waals surface area contributed by atoms with Crippen molar-refractivity contribution in [1.29, 1.82) is 0 Å². The number of thiophene rings is 1. The van der Waals surface area contributed by atoms with Gasteiger partial charge >= 0.3 is 0 Å². The first-order valence-corrected chi connectivity index (χ1v) is 8.27. The lowest BCUT2D eigenvalue weighted by molar-refractivity contribution is -0.122. The molecule has 1 N–H and O–H groups in total. The molecule has 23 heavy (non-hydrogen) atoms. The normalized spacial score (nSPS) is 11.1. The molecule has 6 heteroatoms. The summed E-state index contributed by atoms with van der Waals surface area (Å²) in [5.74, 6) is -0.220. The van der Waals surface area contributed by atoms with E-state index < -0.39 is 0 Å². The van der Waals surface area contributed by atoms with Gasteiger partial charge in [-0.1, -0.05) is 24.3 Å². The molecule has 0 aliphatic heterocycles. The van der Waals surface area contributed by atoms with Crippen LogP contribution in [0, 0.1) is 0 Å². The summed E-state index contributed by atoms with van der Waals surface area (Å²) >= 11 is 1.56. The zero-order valence-corrected chi connectivity index (χ0v) is 13.8. The van der Waals surface area contributed by atoms with Gasteiger partial charge in [0.2, 0.25) is 5.91 Å². The maximum atomic E-state index is 12.6. The quantitative estimate of drug-likeness (QED) is 0.801. The van der Waals surface area contributed by atoms with Crippen LogP contribution in [0.4, 0.5) is 0 Å². The number of carbonyl (C=O) groups excluding carboxylic acids is 1. The van der Waals surface area contributed by atoms with Gasteiger partial charge in [0.25, 0.3) is 5.56 Å². The minimum absolute atomic E-state index is 0.0235. The van der Waals surface area contributed by atoms with Gasteiger partial charge in [-0.2, -0.15) is 5.10 Å². The van der Waals surface area contributed by atoms with Gasteiger partial charge in [-0.05, 0) is 31.4 Å². The summed E-state index contributed by atoms with van der Waals surface area (Å²) < 4.78 is 1.25. The van der Waals surface area contributed by atoms with Crippen molar-refractivity contribution in [3.05, 3.63) is 52.1 Å². The van der Waals surface area contributed by atoms with Crippen LogP contribution in [0.2, 0.25) is 0 Å². The molecular formula is C17H17N3O2S. The smallest absolute Gasteiger partial charge is 0.275 e. The Bertz CT molecular complexity index is 898. The highest BCUT2D eigenvalue weighted by Crippen LogP contribution is 2.28. The third-order valence-electron chi connectivity index (χ3n) is 3.37. The summed E-state index contributed by atoms with van der Waals surface area (Å²) in [4.78, 5) is 25.6. The number of amides is 1. The van der Waals surface area contributed by atoms with Crippen LogP contribution in [-0.2, 0) is 11.3 Å². The maximum Gasteiger partial charge on any atom is 0.275 e. The highest BCUT2D eigenvalue weighted by atomic mass is 32.1. The van der Waals surface area contributed by atoms with Crippen LogP contribution in [0.5, 0.6) is 0 Å². The lowest BCUT2D eigenvalue weighted by Gasteiger charge is -2.12. The molecule has 0 aliphatic rings. The predicted octanol–water partition coefficient (Wildman–Crippen LogP) is 2.65. The van der Waals surface area contributed by atoms with Crippen LogP contribution in [0.1, 0.15) is 13.8 Å². The van der Waals surface area contributed by atoms with Crippen molar-refractivity contribution < 1.29 is 4.79 Å². The van der Waals surface area contributed by atoms with E-state index in [9.17, 15) is 9.59 Å². The van der Waals surface area contributed by atoms with Crippen LogP contribution in [-0.4, -0.2) is 21.7 Å². The first-order chi connectivity index (χ1) is 11.1. The number of fused-ring (bicyclic) bond motifs is 1. The summed E-state index contributed by atoms with van der Waals surface area (Å²) in [6, 6.07) is 11.3. The topological polar surface area (TPSA) is 64.0 Å². The van der Waals surface area contributed by atoms with Crippen molar-refractivity contribution in [2.45, 2.75) is 26.4 Å². The molecule has 0 unspecified atom stereocenters. The highest BCUT2D eigenvalue weighted by molar-refractivity contribution is 7.13. The van der Waals surface area contributed by atoms with Crippen molar-refractivity contribution in [3.63, 3.8) is 0 Å². The number of aromatic nitrogens is 2. The van der Waals surface area contributed by atoms with E-state index in [-0.39, 0.29) is 24.1 Å². The zero-order chi connectivity index (χ0) is 16.4. The van der Waals surface area contributed by atoms with Crippen molar-refractivity contribution >= 4 is 28.0 Å². The molecule has 3 rings (SSSR count). The molecule has 5 nitrogen and oxygen atoms in total. The SMILES string of the molecule is CC(C)NC(=O)Cn1nc(-c2cccs2)c2ccccc2c1=O. The molecule has 1 aromatic carbocycles. The van der Waals surface area contributed by atoms with E-state index in [4.69, 9.17) is 0 Å². The van der Waals surface area contributed by atoms with Gasteiger partial charge < -0.3 is 5.32 Å². The Morgan fingerprint density at radius 3 is 2.61 bits per heavy atom. The average Bonchev–Trinajstić information content (AvgIpc) is 3.03. The minimum atomic E-state index is -0.250. The maximum absolute atomic E-state index is 12.6. The molecule has 0 spiro atoms. The third kappa shape index (κ3) is 3.17. The molecule has 0 atom stereocenters. The van der Waals surface area contributed by atoms with Crippen molar-refractivity contribution in [2.75, 3.05) is 0 Å². The minimum Gasteiger partial charge on any atom is -0.352 e. The molecule has 0 saturated carbocycles. The lowest BCUT2D eigenvalue weighted by Crippen LogP contribution is -2.37.